The number of ether oxygens (including phenoxy) is 2. The molecule has 5 nitrogen and oxygen atoms in total. The summed E-state index contributed by atoms with van der Waals surface area (Å²) in [6.45, 7) is 9.56. The Hall–Kier alpha value is -1.75. The largest absolute Gasteiger partial charge is 0.497 e. The van der Waals surface area contributed by atoms with Crippen LogP contribution in [0.15, 0.2) is 24.3 Å². The molecule has 1 aromatic rings. The van der Waals surface area contributed by atoms with Gasteiger partial charge in [-0.2, -0.15) is 0 Å². The SMILES string of the molecule is COc1cccc(N2CCN(CC(=O)OC(C)(C)C)CC2)c1. The number of piperazine rings is 1. The molecule has 0 radical (unpaired) electrons. The molecule has 1 saturated heterocycles. The number of hydrogen-bond donors (Lipinski definition) is 0. The second kappa shape index (κ2) is 7.01. The lowest BCUT2D eigenvalue weighted by Crippen LogP contribution is -2.48. The summed E-state index contributed by atoms with van der Waals surface area (Å²) in [7, 11) is 1.68. The molecule has 0 N–H and O–H groups in total. The van der Waals surface area contributed by atoms with Crippen LogP contribution in [0.25, 0.3) is 0 Å². The maximum atomic E-state index is 11.9. The summed E-state index contributed by atoms with van der Waals surface area (Å²) in [6, 6.07) is 8.08. The maximum Gasteiger partial charge on any atom is 0.320 e. The van der Waals surface area contributed by atoms with Crippen molar-refractivity contribution in [2.24, 2.45) is 0 Å². The zero-order chi connectivity index (χ0) is 16.2. The molecule has 1 fully saturated rings. The van der Waals surface area contributed by atoms with Gasteiger partial charge in [0.25, 0.3) is 0 Å². The Labute approximate surface area is 132 Å². The summed E-state index contributed by atoms with van der Waals surface area (Å²) in [6.07, 6.45) is 0. The van der Waals surface area contributed by atoms with Crippen molar-refractivity contribution < 1.29 is 14.3 Å². The van der Waals surface area contributed by atoms with Crippen molar-refractivity contribution in [1.29, 1.82) is 0 Å². The van der Waals surface area contributed by atoms with E-state index in [1.165, 1.54) is 0 Å². The van der Waals surface area contributed by atoms with Crippen LogP contribution in [-0.2, 0) is 9.53 Å². The quantitative estimate of drug-likeness (QED) is 0.798. The molecule has 0 bridgehead atoms. The second-order valence-electron chi connectivity index (χ2n) is 6.55. The van der Waals surface area contributed by atoms with E-state index in [0.29, 0.717) is 6.54 Å². The normalized spacial score (nSPS) is 16.5. The highest BCUT2D eigenvalue weighted by molar-refractivity contribution is 5.72. The Morgan fingerprint density at radius 3 is 2.45 bits per heavy atom. The van der Waals surface area contributed by atoms with Crippen LogP contribution < -0.4 is 9.64 Å². The Morgan fingerprint density at radius 1 is 1.18 bits per heavy atom. The number of benzene rings is 1. The van der Waals surface area contributed by atoms with Crippen LogP contribution >= 0.6 is 0 Å². The van der Waals surface area contributed by atoms with E-state index in [1.54, 1.807) is 7.11 Å². The third kappa shape index (κ3) is 4.91. The average Bonchev–Trinajstić information content (AvgIpc) is 2.46. The summed E-state index contributed by atoms with van der Waals surface area (Å²) in [4.78, 5) is 16.3. The van der Waals surface area contributed by atoms with Gasteiger partial charge in [-0.25, -0.2) is 0 Å². The molecule has 0 saturated carbocycles. The van der Waals surface area contributed by atoms with E-state index in [-0.39, 0.29) is 5.97 Å². The first-order valence-corrected chi connectivity index (χ1v) is 7.70. The summed E-state index contributed by atoms with van der Waals surface area (Å²) in [5.74, 6) is 0.719. The smallest absolute Gasteiger partial charge is 0.320 e. The maximum absolute atomic E-state index is 11.9. The van der Waals surface area contributed by atoms with E-state index in [9.17, 15) is 4.79 Å². The molecular formula is C17H26N2O3. The van der Waals surface area contributed by atoms with Crippen molar-refractivity contribution in [3.05, 3.63) is 24.3 Å². The first-order valence-electron chi connectivity index (χ1n) is 7.70. The molecule has 0 aromatic heterocycles. The van der Waals surface area contributed by atoms with Gasteiger partial charge >= 0.3 is 5.97 Å². The number of nitrogens with zero attached hydrogens (tertiary/aromatic N) is 2. The van der Waals surface area contributed by atoms with Crippen LogP contribution in [0.5, 0.6) is 5.75 Å². The second-order valence-corrected chi connectivity index (χ2v) is 6.55. The van der Waals surface area contributed by atoms with Crippen molar-refractivity contribution in [3.63, 3.8) is 0 Å². The third-order valence-corrected chi connectivity index (χ3v) is 3.56. The topological polar surface area (TPSA) is 42.0 Å². The molecule has 1 aromatic carbocycles. The zero-order valence-electron chi connectivity index (χ0n) is 14.0. The van der Waals surface area contributed by atoms with E-state index in [1.807, 2.05) is 39.0 Å². The van der Waals surface area contributed by atoms with Crippen LogP contribution in [0.4, 0.5) is 5.69 Å². The average molecular weight is 306 g/mol. The molecule has 22 heavy (non-hydrogen) atoms. The minimum atomic E-state index is -0.417. The fraction of sp³-hybridized carbons (Fsp3) is 0.588. The van der Waals surface area contributed by atoms with Crippen molar-refractivity contribution in [1.82, 2.24) is 4.90 Å². The van der Waals surface area contributed by atoms with E-state index in [0.717, 1.165) is 37.6 Å². The molecule has 122 valence electrons. The molecule has 0 atom stereocenters. The fourth-order valence-corrected chi connectivity index (χ4v) is 2.53. The van der Waals surface area contributed by atoms with Gasteiger partial charge in [0.15, 0.2) is 0 Å². The van der Waals surface area contributed by atoms with Gasteiger partial charge in [-0.15, -0.1) is 0 Å². The molecule has 0 unspecified atom stereocenters. The molecule has 1 aliphatic heterocycles. The molecule has 1 heterocycles. The predicted molar refractivity (Wildman–Crippen MR) is 87.5 cm³/mol. The van der Waals surface area contributed by atoms with Gasteiger partial charge in [-0.1, -0.05) is 6.07 Å². The van der Waals surface area contributed by atoms with Gasteiger partial charge in [0.2, 0.25) is 0 Å². The summed E-state index contributed by atoms with van der Waals surface area (Å²) >= 11 is 0. The van der Waals surface area contributed by atoms with Crippen molar-refractivity contribution in [3.8, 4) is 5.75 Å². The van der Waals surface area contributed by atoms with E-state index in [4.69, 9.17) is 9.47 Å². The monoisotopic (exact) mass is 306 g/mol. The van der Waals surface area contributed by atoms with E-state index >= 15 is 0 Å². The van der Waals surface area contributed by atoms with Crippen LogP contribution in [0.1, 0.15) is 20.8 Å². The third-order valence-electron chi connectivity index (χ3n) is 3.56. The van der Waals surface area contributed by atoms with E-state index < -0.39 is 5.60 Å². The first kappa shape index (κ1) is 16.6. The summed E-state index contributed by atoms with van der Waals surface area (Å²) in [5, 5.41) is 0. The van der Waals surface area contributed by atoms with Crippen LogP contribution in [-0.4, -0.2) is 56.3 Å². The van der Waals surface area contributed by atoms with Crippen molar-refractivity contribution >= 4 is 11.7 Å². The highest BCUT2D eigenvalue weighted by Gasteiger charge is 2.22. The number of methoxy groups -OCH3 is 1. The summed E-state index contributed by atoms with van der Waals surface area (Å²) < 4.78 is 10.6. The standard InChI is InChI=1S/C17H26N2O3/c1-17(2,3)22-16(20)13-18-8-10-19(11-9-18)14-6-5-7-15(12-14)21-4/h5-7,12H,8-11,13H2,1-4H3. The lowest BCUT2D eigenvalue weighted by molar-refractivity contribution is -0.156. The first-order chi connectivity index (χ1) is 10.4. The van der Waals surface area contributed by atoms with Gasteiger partial charge < -0.3 is 14.4 Å². The van der Waals surface area contributed by atoms with Gasteiger partial charge in [0.1, 0.15) is 11.4 Å². The highest BCUT2D eigenvalue weighted by Crippen LogP contribution is 2.22. The van der Waals surface area contributed by atoms with Crippen LogP contribution in [0, 0.1) is 0 Å². The predicted octanol–water partition coefficient (Wildman–Crippen LogP) is 2.16. The number of esters is 1. The number of anilines is 1. The summed E-state index contributed by atoms with van der Waals surface area (Å²) in [5.41, 5.74) is 0.746. The van der Waals surface area contributed by atoms with E-state index in [2.05, 4.69) is 15.9 Å². The minimum Gasteiger partial charge on any atom is -0.497 e. The molecular weight excluding hydrogens is 280 g/mol. The van der Waals surface area contributed by atoms with Gasteiger partial charge in [0, 0.05) is 37.9 Å². The fourth-order valence-electron chi connectivity index (χ4n) is 2.53. The Bertz CT molecular complexity index is 503. The van der Waals surface area contributed by atoms with Crippen LogP contribution in [0.3, 0.4) is 0 Å². The molecule has 0 spiro atoms. The molecule has 5 heteroatoms. The number of carbonyl (C=O) groups is 1. The Morgan fingerprint density at radius 2 is 1.86 bits per heavy atom. The van der Waals surface area contributed by atoms with Gasteiger partial charge in [-0.05, 0) is 32.9 Å². The lowest BCUT2D eigenvalue weighted by Gasteiger charge is -2.36. The van der Waals surface area contributed by atoms with Gasteiger partial charge in [-0.3, -0.25) is 9.69 Å². The number of hydrogen-bond acceptors (Lipinski definition) is 5. The van der Waals surface area contributed by atoms with Crippen LogP contribution in [0.2, 0.25) is 0 Å². The molecule has 0 aliphatic carbocycles. The number of rotatable bonds is 4. The Kier molecular flexibility index (Phi) is 5.29. The minimum absolute atomic E-state index is 0.151. The zero-order valence-corrected chi connectivity index (χ0v) is 14.0. The van der Waals surface area contributed by atoms with Crippen molar-refractivity contribution in [2.75, 3.05) is 44.7 Å². The van der Waals surface area contributed by atoms with Gasteiger partial charge in [0.05, 0.1) is 13.7 Å². The molecule has 1 aliphatic rings. The molecule has 0 amide bonds. The van der Waals surface area contributed by atoms with Crippen molar-refractivity contribution in [2.45, 2.75) is 26.4 Å². The molecule has 2 rings (SSSR count). The lowest BCUT2D eigenvalue weighted by atomic mass is 10.2. The Balaban J connectivity index is 1.84. The number of carbonyl (C=O) groups excluding carboxylic acids is 1. The highest BCUT2D eigenvalue weighted by atomic mass is 16.6.